The quantitative estimate of drug-likeness (QED) is 0.867. The monoisotopic (exact) mass is 331 g/mol. The van der Waals surface area contributed by atoms with Gasteiger partial charge in [0, 0.05) is 10.5 Å². The van der Waals surface area contributed by atoms with Crippen molar-refractivity contribution in [3.63, 3.8) is 0 Å². The van der Waals surface area contributed by atoms with E-state index in [2.05, 4.69) is 57.6 Å². The lowest BCUT2D eigenvalue weighted by Gasteiger charge is -2.37. The largest absolute Gasteiger partial charge is 0.495 e. The molecule has 1 N–H and O–H groups in total. The van der Waals surface area contributed by atoms with Crippen LogP contribution in [0.15, 0.2) is 53.0 Å². The van der Waals surface area contributed by atoms with E-state index in [1.165, 1.54) is 18.4 Å². The van der Waals surface area contributed by atoms with Crippen molar-refractivity contribution in [3.05, 3.63) is 58.6 Å². The standard InChI is InChI=1S/C17H18BrNO/c1-20-17-8-7-14(18)11-16(17)19-15-9-13(10-15)12-5-3-2-4-6-12/h2-8,11,13,15,19H,9-10H2,1H3. The highest BCUT2D eigenvalue weighted by Crippen LogP contribution is 2.40. The highest BCUT2D eigenvalue weighted by atomic mass is 79.9. The van der Waals surface area contributed by atoms with E-state index in [0.29, 0.717) is 12.0 Å². The average molecular weight is 332 g/mol. The van der Waals surface area contributed by atoms with Crippen LogP contribution in [0, 0.1) is 0 Å². The van der Waals surface area contributed by atoms with Gasteiger partial charge in [0.25, 0.3) is 0 Å². The highest BCUT2D eigenvalue weighted by Gasteiger charge is 2.30. The highest BCUT2D eigenvalue weighted by molar-refractivity contribution is 9.10. The van der Waals surface area contributed by atoms with Gasteiger partial charge in [0.2, 0.25) is 0 Å². The van der Waals surface area contributed by atoms with Crippen LogP contribution in [0.1, 0.15) is 24.3 Å². The van der Waals surface area contributed by atoms with Crippen molar-refractivity contribution in [2.45, 2.75) is 24.8 Å². The van der Waals surface area contributed by atoms with E-state index in [4.69, 9.17) is 4.74 Å². The minimum Gasteiger partial charge on any atom is -0.495 e. The molecule has 20 heavy (non-hydrogen) atoms. The molecular weight excluding hydrogens is 314 g/mol. The predicted octanol–water partition coefficient (Wildman–Crippen LogP) is 4.82. The Bertz CT molecular complexity index is 579. The molecule has 104 valence electrons. The number of methoxy groups -OCH3 is 1. The lowest BCUT2D eigenvalue weighted by molar-refractivity contribution is 0.370. The van der Waals surface area contributed by atoms with Crippen molar-refractivity contribution in [1.29, 1.82) is 0 Å². The molecule has 1 fully saturated rings. The van der Waals surface area contributed by atoms with Gasteiger partial charge >= 0.3 is 0 Å². The number of hydrogen-bond acceptors (Lipinski definition) is 2. The second-order valence-corrected chi connectivity index (χ2v) is 6.18. The van der Waals surface area contributed by atoms with E-state index in [9.17, 15) is 0 Å². The molecule has 1 saturated carbocycles. The van der Waals surface area contributed by atoms with Crippen molar-refractivity contribution >= 4 is 21.6 Å². The number of nitrogens with one attached hydrogen (secondary N) is 1. The van der Waals surface area contributed by atoms with Crippen LogP contribution in [0.5, 0.6) is 5.75 Å². The number of hydrogen-bond donors (Lipinski definition) is 1. The number of halogens is 1. The number of rotatable bonds is 4. The molecule has 2 aromatic rings. The van der Waals surface area contributed by atoms with Gasteiger partial charge in [-0.15, -0.1) is 0 Å². The summed E-state index contributed by atoms with van der Waals surface area (Å²) in [5.41, 5.74) is 2.52. The van der Waals surface area contributed by atoms with E-state index in [-0.39, 0.29) is 0 Å². The molecule has 0 saturated heterocycles. The van der Waals surface area contributed by atoms with E-state index in [1.807, 2.05) is 12.1 Å². The zero-order valence-electron chi connectivity index (χ0n) is 11.5. The number of ether oxygens (including phenoxy) is 1. The summed E-state index contributed by atoms with van der Waals surface area (Å²) in [5, 5.41) is 3.58. The van der Waals surface area contributed by atoms with Gasteiger partial charge in [-0.05, 0) is 42.5 Å². The molecule has 0 aromatic heterocycles. The zero-order chi connectivity index (χ0) is 13.9. The maximum Gasteiger partial charge on any atom is 0.142 e. The maximum absolute atomic E-state index is 5.40. The van der Waals surface area contributed by atoms with Crippen LogP contribution in [-0.2, 0) is 0 Å². The molecule has 2 aromatic carbocycles. The minimum absolute atomic E-state index is 0.531. The third kappa shape index (κ3) is 2.83. The summed E-state index contributed by atoms with van der Waals surface area (Å²) in [4.78, 5) is 0. The Labute approximate surface area is 128 Å². The molecule has 0 bridgehead atoms. The second kappa shape index (κ2) is 5.88. The topological polar surface area (TPSA) is 21.3 Å². The Morgan fingerprint density at radius 3 is 2.55 bits per heavy atom. The van der Waals surface area contributed by atoms with Crippen molar-refractivity contribution in [2.75, 3.05) is 12.4 Å². The van der Waals surface area contributed by atoms with Crippen LogP contribution >= 0.6 is 15.9 Å². The molecule has 1 aliphatic carbocycles. The summed E-state index contributed by atoms with van der Waals surface area (Å²) in [6.07, 6.45) is 2.36. The van der Waals surface area contributed by atoms with E-state index in [0.717, 1.165) is 15.9 Å². The van der Waals surface area contributed by atoms with Crippen LogP contribution in [0.3, 0.4) is 0 Å². The van der Waals surface area contributed by atoms with Crippen LogP contribution < -0.4 is 10.1 Å². The second-order valence-electron chi connectivity index (χ2n) is 5.26. The number of anilines is 1. The van der Waals surface area contributed by atoms with Crippen molar-refractivity contribution in [3.8, 4) is 5.75 Å². The Kier molecular flexibility index (Phi) is 3.97. The zero-order valence-corrected chi connectivity index (χ0v) is 13.1. The molecule has 1 aliphatic rings. The Balaban J connectivity index is 1.63. The van der Waals surface area contributed by atoms with Crippen LogP contribution in [0.4, 0.5) is 5.69 Å². The van der Waals surface area contributed by atoms with Crippen molar-refractivity contribution in [2.24, 2.45) is 0 Å². The first-order valence-electron chi connectivity index (χ1n) is 6.91. The van der Waals surface area contributed by atoms with Gasteiger partial charge in [-0.2, -0.15) is 0 Å². The van der Waals surface area contributed by atoms with E-state index >= 15 is 0 Å². The Morgan fingerprint density at radius 2 is 1.85 bits per heavy atom. The summed E-state index contributed by atoms with van der Waals surface area (Å²) in [6.45, 7) is 0. The van der Waals surface area contributed by atoms with Crippen LogP contribution in [0.2, 0.25) is 0 Å². The first kappa shape index (κ1) is 13.5. The molecule has 0 amide bonds. The fourth-order valence-electron chi connectivity index (χ4n) is 2.75. The smallest absolute Gasteiger partial charge is 0.142 e. The Hall–Kier alpha value is -1.48. The Morgan fingerprint density at radius 1 is 1.10 bits per heavy atom. The van der Waals surface area contributed by atoms with Crippen LogP contribution in [0.25, 0.3) is 0 Å². The third-order valence-corrected chi connectivity index (χ3v) is 4.42. The summed E-state index contributed by atoms with van der Waals surface area (Å²) in [6, 6.07) is 17.3. The van der Waals surface area contributed by atoms with Gasteiger partial charge in [-0.1, -0.05) is 46.3 Å². The molecule has 0 aliphatic heterocycles. The normalized spacial score (nSPS) is 21.1. The van der Waals surface area contributed by atoms with Gasteiger partial charge in [0.15, 0.2) is 0 Å². The van der Waals surface area contributed by atoms with Crippen LogP contribution in [-0.4, -0.2) is 13.2 Å². The number of benzene rings is 2. The van der Waals surface area contributed by atoms with Gasteiger partial charge in [0.05, 0.1) is 12.8 Å². The molecule has 0 unspecified atom stereocenters. The van der Waals surface area contributed by atoms with Crippen molar-refractivity contribution in [1.82, 2.24) is 0 Å². The lowest BCUT2D eigenvalue weighted by Crippen LogP contribution is -2.34. The summed E-state index contributed by atoms with van der Waals surface area (Å²) >= 11 is 3.51. The first-order chi connectivity index (χ1) is 9.76. The fraction of sp³-hybridized carbons (Fsp3) is 0.294. The van der Waals surface area contributed by atoms with Gasteiger partial charge in [0.1, 0.15) is 5.75 Å². The molecule has 0 heterocycles. The summed E-state index contributed by atoms with van der Waals surface area (Å²) in [5.74, 6) is 1.59. The van der Waals surface area contributed by atoms with Gasteiger partial charge in [-0.25, -0.2) is 0 Å². The summed E-state index contributed by atoms with van der Waals surface area (Å²) < 4.78 is 6.47. The maximum atomic E-state index is 5.40. The molecule has 3 heteroatoms. The molecule has 2 nitrogen and oxygen atoms in total. The molecule has 3 rings (SSSR count). The predicted molar refractivity (Wildman–Crippen MR) is 86.5 cm³/mol. The minimum atomic E-state index is 0.531. The SMILES string of the molecule is COc1ccc(Br)cc1NC1CC(c2ccccc2)C1. The first-order valence-corrected chi connectivity index (χ1v) is 7.70. The summed E-state index contributed by atoms with van der Waals surface area (Å²) in [7, 11) is 1.71. The third-order valence-electron chi connectivity index (χ3n) is 3.93. The molecule has 0 radical (unpaired) electrons. The van der Waals surface area contributed by atoms with E-state index < -0.39 is 0 Å². The molecular formula is C17H18BrNO. The van der Waals surface area contributed by atoms with Gasteiger partial charge in [-0.3, -0.25) is 0 Å². The van der Waals surface area contributed by atoms with Gasteiger partial charge < -0.3 is 10.1 Å². The van der Waals surface area contributed by atoms with E-state index in [1.54, 1.807) is 7.11 Å². The van der Waals surface area contributed by atoms with Crippen molar-refractivity contribution < 1.29 is 4.74 Å². The lowest BCUT2D eigenvalue weighted by atomic mass is 9.76. The molecule has 0 atom stereocenters. The average Bonchev–Trinajstić information content (AvgIpc) is 2.43. The molecule has 0 spiro atoms. The fourth-order valence-corrected chi connectivity index (χ4v) is 3.11.